The van der Waals surface area contributed by atoms with Crippen LogP contribution in [0.4, 0.5) is 0 Å². The van der Waals surface area contributed by atoms with Crippen LogP contribution in [0.3, 0.4) is 0 Å². The van der Waals surface area contributed by atoms with Gasteiger partial charge in [0.05, 0.1) is 32.0 Å². The zero-order chi connectivity index (χ0) is 22.8. The Balaban J connectivity index is 1.74. The van der Waals surface area contributed by atoms with Gasteiger partial charge in [0.2, 0.25) is 5.88 Å². The lowest BCUT2D eigenvalue weighted by Crippen LogP contribution is -2.33. The first kappa shape index (κ1) is 21.1. The van der Waals surface area contributed by atoms with Gasteiger partial charge in [-0.25, -0.2) is 0 Å². The molecule has 1 atom stereocenters. The highest BCUT2D eigenvalue weighted by Gasteiger charge is 2.36. The molecule has 0 aliphatic carbocycles. The van der Waals surface area contributed by atoms with Crippen LogP contribution < -0.4 is 25.5 Å². The fourth-order valence-corrected chi connectivity index (χ4v) is 3.98. The summed E-state index contributed by atoms with van der Waals surface area (Å²) >= 11 is 0. The number of nitriles is 1. The number of nitrogens with two attached hydrogens (primary N) is 1. The number of pyridine rings is 1. The number of allylic oxidation sites excluding steroid dienone is 1. The minimum atomic E-state index is -0.723. The van der Waals surface area contributed by atoms with Crippen molar-refractivity contribution in [3.05, 3.63) is 87.1 Å². The second-order valence-electron chi connectivity index (χ2n) is 7.40. The quantitative estimate of drug-likeness (QED) is 0.635. The highest BCUT2D eigenvalue weighted by atomic mass is 16.5. The minimum absolute atomic E-state index is 0.0247. The van der Waals surface area contributed by atoms with Gasteiger partial charge >= 0.3 is 0 Å². The van der Waals surface area contributed by atoms with E-state index in [-0.39, 0.29) is 17.0 Å². The number of aryl methyl sites for hydroxylation is 2. The second kappa shape index (κ2) is 8.55. The molecule has 0 amide bonds. The molecule has 2 aromatic heterocycles. The fraction of sp³-hybridized carbons (Fsp3) is 0.250. The van der Waals surface area contributed by atoms with Gasteiger partial charge in [0.25, 0.3) is 5.56 Å². The lowest BCUT2D eigenvalue weighted by molar-refractivity contribution is 0.354. The molecular weight excluding hydrogens is 410 g/mol. The highest BCUT2D eigenvalue weighted by molar-refractivity contribution is 5.53. The van der Waals surface area contributed by atoms with E-state index in [1.807, 2.05) is 25.1 Å². The summed E-state index contributed by atoms with van der Waals surface area (Å²) < 4.78 is 23.5. The third kappa shape index (κ3) is 3.58. The molecule has 8 nitrogen and oxygen atoms in total. The van der Waals surface area contributed by atoms with Crippen molar-refractivity contribution in [3.63, 3.8) is 0 Å². The second-order valence-corrected chi connectivity index (χ2v) is 7.40. The van der Waals surface area contributed by atoms with Crippen molar-refractivity contribution < 1.29 is 18.6 Å². The Kier molecular flexibility index (Phi) is 5.65. The Morgan fingerprint density at radius 2 is 1.97 bits per heavy atom. The number of rotatable bonds is 6. The largest absolute Gasteiger partial charge is 0.493 e. The molecule has 0 spiro atoms. The number of fused-ring (bicyclic) bond motifs is 1. The van der Waals surface area contributed by atoms with E-state index in [0.29, 0.717) is 41.5 Å². The Bertz CT molecular complexity index is 1280. The standard InChI is InChI=1S/C24H23N3O5/c1-14-11-20-22(21(18-5-4-10-31-18)16(13-25)23(26)32-20)24(28)27(14)9-8-15-6-7-17(29-2)19(12-15)30-3/h4-7,10-12,21H,8-9,26H2,1-3H3. The normalized spacial score (nSPS) is 15.0. The molecule has 3 heterocycles. The van der Waals surface area contributed by atoms with E-state index in [9.17, 15) is 10.1 Å². The first-order valence-corrected chi connectivity index (χ1v) is 10.0. The van der Waals surface area contributed by atoms with Crippen LogP contribution in [-0.4, -0.2) is 18.8 Å². The fourth-order valence-electron chi connectivity index (χ4n) is 3.98. The SMILES string of the molecule is COc1ccc(CCn2c(C)cc3c(c2=O)C(c2ccco2)C(C#N)=C(N)O3)cc1OC. The van der Waals surface area contributed by atoms with Crippen LogP contribution in [0.1, 0.15) is 28.5 Å². The van der Waals surface area contributed by atoms with Crippen molar-refractivity contribution in [1.82, 2.24) is 4.57 Å². The third-order valence-corrected chi connectivity index (χ3v) is 5.59. The van der Waals surface area contributed by atoms with E-state index < -0.39 is 5.92 Å². The lowest BCUT2D eigenvalue weighted by Gasteiger charge is -2.26. The molecule has 1 unspecified atom stereocenters. The van der Waals surface area contributed by atoms with E-state index in [2.05, 4.69) is 6.07 Å². The van der Waals surface area contributed by atoms with Gasteiger partial charge in [-0.2, -0.15) is 5.26 Å². The van der Waals surface area contributed by atoms with Crippen LogP contribution >= 0.6 is 0 Å². The Labute approximate surface area is 185 Å². The predicted molar refractivity (Wildman–Crippen MR) is 117 cm³/mol. The van der Waals surface area contributed by atoms with Crippen molar-refractivity contribution in [2.75, 3.05) is 14.2 Å². The summed E-state index contributed by atoms with van der Waals surface area (Å²) in [5.41, 5.74) is 7.94. The van der Waals surface area contributed by atoms with Crippen molar-refractivity contribution in [2.24, 2.45) is 5.73 Å². The Hall–Kier alpha value is -4.12. The molecule has 0 saturated carbocycles. The molecule has 2 N–H and O–H groups in total. The molecule has 1 aliphatic rings. The lowest BCUT2D eigenvalue weighted by atomic mass is 9.88. The van der Waals surface area contributed by atoms with Gasteiger partial charge in [0, 0.05) is 18.3 Å². The summed E-state index contributed by atoms with van der Waals surface area (Å²) in [6.45, 7) is 2.26. The van der Waals surface area contributed by atoms with Crippen molar-refractivity contribution in [1.29, 1.82) is 5.26 Å². The summed E-state index contributed by atoms with van der Waals surface area (Å²) in [6, 6.07) is 12.9. The van der Waals surface area contributed by atoms with E-state index in [4.69, 9.17) is 24.4 Å². The molecule has 32 heavy (non-hydrogen) atoms. The van der Waals surface area contributed by atoms with Gasteiger partial charge in [0.15, 0.2) is 11.5 Å². The van der Waals surface area contributed by atoms with Crippen LogP contribution in [0.2, 0.25) is 0 Å². The van der Waals surface area contributed by atoms with Crippen LogP contribution in [0.15, 0.2) is 63.3 Å². The zero-order valence-corrected chi connectivity index (χ0v) is 18.0. The van der Waals surface area contributed by atoms with Crippen LogP contribution in [0.25, 0.3) is 0 Å². The molecule has 1 aliphatic heterocycles. The van der Waals surface area contributed by atoms with Gasteiger partial charge in [0.1, 0.15) is 23.2 Å². The maximum atomic E-state index is 13.6. The number of benzene rings is 1. The summed E-state index contributed by atoms with van der Waals surface area (Å²) in [6.07, 6.45) is 2.09. The number of methoxy groups -OCH3 is 2. The van der Waals surface area contributed by atoms with Gasteiger partial charge < -0.3 is 28.9 Å². The number of ether oxygens (including phenoxy) is 3. The van der Waals surface area contributed by atoms with Gasteiger partial charge in [-0.3, -0.25) is 4.79 Å². The number of hydrogen-bond donors (Lipinski definition) is 1. The molecule has 4 rings (SSSR count). The zero-order valence-electron chi connectivity index (χ0n) is 18.0. The minimum Gasteiger partial charge on any atom is -0.493 e. The van der Waals surface area contributed by atoms with Gasteiger partial charge in [-0.15, -0.1) is 0 Å². The third-order valence-electron chi connectivity index (χ3n) is 5.59. The number of furan rings is 1. The summed E-state index contributed by atoms with van der Waals surface area (Å²) in [5, 5.41) is 9.67. The smallest absolute Gasteiger partial charge is 0.258 e. The number of nitrogens with zero attached hydrogens (tertiary/aromatic N) is 2. The van der Waals surface area contributed by atoms with Gasteiger partial charge in [-0.05, 0) is 43.2 Å². The topological polar surface area (TPSA) is 113 Å². The van der Waals surface area contributed by atoms with E-state index in [1.165, 1.54) is 6.26 Å². The average molecular weight is 433 g/mol. The van der Waals surface area contributed by atoms with E-state index in [1.54, 1.807) is 37.0 Å². The van der Waals surface area contributed by atoms with Crippen molar-refractivity contribution in [2.45, 2.75) is 25.8 Å². The first-order valence-electron chi connectivity index (χ1n) is 10.0. The van der Waals surface area contributed by atoms with Crippen LogP contribution in [-0.2, 0) is 13.0 Å². The monoisotopic (exact) mass is 433 g/mol. The molecule has 3 aromatic rings. The Morgan fingerprint density at radius 1 is 1.19 bits per heavy atom. The summed E-state index contributed by atoms with van der Waals surface area (Å²) in [7, 11) is 3.17. The molecule has 164 valence electrons. The van der Waals surface area contributed by atoms with Crippen molar-refractivity contribution >= 4 is 0 Å². The molecule has 0 radical (unpaired) electrons. The maximum absolute atomic E-state index is 13.6. The van der Waals surface area contributed by atoms with E-state index in [0.717, 1.165) is 11.3 Å². The number of aromatic nitrogens is 1. The van der Waals surface area contributed by atoms with Crippen LogP contribution in [0.5, 0.6) is 17.2 Å². The molecule has 8 heteroatoms. The summed E-state index contributed by atoms with van der Waals surface area (Å²) in [5.74, 6) is 1.33. The molecule has 1 aromatic carbocycles. The van der Waals surface area contributed by atoms with Crippen molar-refractivity contribution in [3.8, 4) is 23.3 Å². The van der Waals surface area contributed by atoms with E-state index >= 15 is 0 Å². The maximum Gasteiger partial charge on any atom is 0.258 e. The predicted octanol–water partition coefficient (Wildman–Crippen LogP) is 3.23. The average Bonchev–Trinajstić information content (AvgIpc) is 3.32. The van der Waals surface area contributed by atoms with Crippen LogP contribution in [0, 0.1) is 18.3 Å². The summed E-state index contributed by atoms with van der Waals surface area (Å²) in [4.78, 5) is 13.6. The molecule has 0 saturated heterocycles. The molecular formula is C24H23N3O5. The molecule has 0 bridgehead atoms. The first-order chi connectivity index (χ1) is 15.5. The number of hydrogen-bond acceptors (Lipinski definition) is 7. The Morgan fingerprint density at radius 3 is 2.62 bits per heavy atom. The molecule has 0 fully saturated rings. The van der Waals surface area contributed by atoms with Gasteiger partial charge in [-0.1, -0.05) is 6.07 Å². The highest BCUT2D eigenvalue weighted by Crippen LogP contribution is 2.40.